The van der Waals surface area contributed by atoms with E-state index < -0.39 is 10.1 Å². The van der Waals surface area contributed by atoms with Crippen molar-refractivity contribution in [1.29, 1.82) is 0 Å². The van der Waals surface area contributed by atoms with E-state index in [9.17, 15) is 17.8 Å². The molecule has 0 atom stereocenters. The van der Waals surface area contributed by atoms with Crippen LogP contribution in [0.4, 0.5) is 0 Å². The van der Waals surface area contributed by atoms with Crippen molar-refractivity contribution in [2.75, 3.05) is 19.3 Å². The molecule has 0 bridgehead atoms. The molecule has 23 heavy (non-hydrogen) atoms. The Morgan fingerprint density at radius 3 is 1.96 bits per heavy atom. The third-order valence-corrected chi connectivity index (χ3v) is 4.60. The number of hydrogen-bond donors (Lipinski definition) is 0. The quantitative estimate of drug-likeness (QED) is 0.255. The molecule has 5 nitrogen and oxygen atoms in total. The molecule has 0 N–H and O–H groups in total. The molecule has 0 saturated heterocycles. The molecule has 1 amide bonds. The van der Waals surface area contributed by atoms with Crippen LogP contribution < -0.4 is 29.6 Å². The van der Waals surface area contributed by atoms with Crippen LogP contribution in [0.3, 0.4) is 0 Å². The Morgan fingerprint density at radius 1 is 0.913 bits per heavy atom. The van der Waals surface area contributed by atoms with Gasteiger partial charge < -0.3 is 9.45 Å². The molecule has 7 heteroatoms. The van der Waals surface area contributed by atoms with Crippen molar-refractivity contribution in [2.24, 2.45) is 0 Å². The number of nitrogens with zero attached hydrogens (tertiary/aromatic N) is 1. The standard InChI is InChI=1S/C16H33NO4S.Na/c1-3-4-5-6-7-8-9-10-13-16(18)17(2)14-11-12-15-22(19,20)21;/h3-15H2,1-2H3,(H,19,20,21);/q;+1/p-1. The fraction of sp³-hybridized carbons (Fsp3) is 0.938. The number of carbonyl (C=O) groups is 1. The molecule has 0 rings (SSSR count). The van der Waals surface area contributed by atoms with E-state index in [0.29, 0.717) is 25.8 Å². The van der Waals surface area contributed by atoms with Gasteiger partial charge in [-0.2, -0.15) is 0 Å². The summed E-state index contributed by atoms with van der Waals surface area (Å²) in [5.41, 5.74) is 0. The van der Waals surface area contributed by atoms with E-state index in [1.807, 2.05) is 0 Å². The van der Waals surface area contributed by atoms with Crippen molar-refractivity contribution >= 4 is 16.0 Å². The summed E-state index contributed by atoms with van der Waals surface area (Å²) in [5.74, 6) is -0.233. The number of hydrogen-bond acceptors (Lipinski definition) is 4. The Balaban J connectivity index is 0. The van der Waals surface area contributed by atoms with E-state index in [-0.39, 0.29) is 41.2 Å². The molecule has 0 aliphatic rings. The summed E-state index contributed by atoms with van der Waals surface area (Å²) >= 11 is 0. The monoisotopic (exact) mass is 357 g/mol. The van der Waals surface area contributed by atoms with Gasteiger partial charge >= 0.3 is 29.6 Å². The molecule has 132 valence electrons. The van der Waals surface area contributed by atoms with Gasteiger partial charge in [-0.3, -0.25) is 4.79 Å². The molecule has 0 spiro atoms. The van der Waals surface area contributed by atoms with Crippen LogP contribution in [0.25, 0.3) is 0 Å². The Bertz CT molecular complexity index is 388. The van der Waals surface area contributed by atoms with Gasteiger partial charge in [-0.25, -0.2) is 8.42 Å². The molecule has 0 aromatic carbocycles. The number of rotatable bonds is 14. The summed E-state index contributed by atoms with van der Waals surface area (Å²) in [6, 6.07) is 0. The van der Waals surface area contributed by atoms with Crippen LogP contribution in [0.5, 0.6) is 0 Å². The largest absolute Gasteiger partial charge is 1.00 e. The first-order valence-electron chi connectivity index (χ1n) is 8.54. The van der Waals surface area contributed by atoms with Crippen LogP contribution in [0.2, 0.25) is 0 Å². The molecule has 0 heterocycles. The molecular formula is C16H32NNaO4S. The maximum atomic E-state index is 11.9. The van der Waals surface area contributed by atoms with E-state index in [4.69, 9.17) is 0 Å². The third kappa shape index (κ3) is 18.6. The minimum absolute atomic E-state index is 0. The number of carbonyl (C=O) groups excluding carboxylic acids is 1. The summed E-state index contributed by atoms with van der Waals surface area (Å²) in [6.07, 6.45) is 11.1. The average molecular weight is 357 g/mol. The predicted octanol–water partition coefficient (Wildman–Crippen LogP) is 0.305. The van der Waals surface area contributed by atoms with Crippen LogP contribution in [0.1, 0.15) is 77.6 Å². The third-order valence-electron chi connectivity index (χ3n) is 3.81. The van der Waals surface area contributed by atoms with Crippen LogP contribution in [0.15, 0.2) is 0 Å². The maximum absolute atomic E-state index is 11.9. The second-order valence-corrected chi connectivity index (χ2v) is 7.53. The van der Waals surface area contributed by atoms with E-state index in [1.54, 1.807) is 11.9 Å². The molecule has 0 fully saturated rings. The van der Waals surface area contributed by atoms with Gasteiger partial charge in [-0.05, 0) is 19.3 Å². The number of amides is 1. The Kier molecular flexibility index (Phi) is 17.7. The second kappa shape index (κ2) is 15.9. The number of unbranched alkanes of at least 4 members (excludes halogenated alkanes) is 8. The van der Waals surface area contributed by atoms with Crippen LogP contribution in [0, 0.1) is 0 Å². The zero-order valence-corrected chi connectivity index (χ0v) is 18.0. The van der Waals surface area contributed by atoms with Crippen molar-refractivity contribution in [3.63, 3.8) is 0 Å². The topological polar surface area (TPSA) is 77.5 Å². The minimum Gasteiger partial charge on any atom is -0.748 e. The van der Waals surface area contributed by atoms with Gasteiger partial charge in [0.25, 0.3) is 0 Å². The summed E-state index contributed by atoms with van der Waals surface area (Å²) in [4.78, 5) is 13.5. The normalized spacial score (nSPS) is 11.1. The van der Waals surface area contributed by atoms with Gasteiger partial charge in [-0.1, -0.05) is 51.9 Å². The fourth-order valence-corrected chi connectivity index (χ4v) is 2.91. The molecule has 0 aromatic rings. The molecular weight excluding hydrogens is 325 g/mol. The fourth-order valence-electron chi connectivity index (χ4n) is 2.35. The summed E-state index contributed by atoms with van der Waals surface area (Å²) in [7, 11) is -2.39. The van der Waals surface area contributed by atoms with Crippen molar-refractivity contribution in [3.8, 4) is 0 Å². The first-order valence-corrected chi connectivity index (χ1v) is 10.1. The van der Waals surface area contributed by atoms with Gasteiger partial charge in [0, 0.05) is 25.8 Å². The zero-order chi connectivity index (χ0) is 16.8. The van der Waals surface area contributed by atoms with E-state index >= 15 is 0 Å². The van der Waals surface area contributed by atoms with Crippen LogP contribution in [-0.4, -0.2) is 43.1 Å². The van der Waals surface area contributed by atoms with Crippen molar-refractivity contribution in [2.45, 2.75) is 77.6 Å². The first-order chi connectivity index (χ1) is 10.4. The van der Waals surface area contributed by atoms with E-state index in [2.05, 4.69) is 6.92 Å². The Labute approximate surface area is 164 Å². The van der Waals surface area contributed by atoms with Gasteiger partial charge in [0.15, 0.2) is 0 Å². The second-order valence-electron chi connectivity index (χ2n) is 6.01. The molecule has 0 unspecified atom stereocenters. The van der Waals surface area contributed by atoms with Crippen LogP contribution in [-0.2, 0) is 14.9 Å². The Morgan fingerprint density at radius 2 is 1.43 bits per heavy atom. The molecule has 0 aliphatic carbocycles. The van der Waals surface area contributed by atoms with Crippen molar-refractivity contribution in [3.05, 3.63) is 0 Å². The molecule has 0 saturated carbocycles. The average Bonchev–Trinajstić information content (AvgIpc) is 2.45. The van der Waals surface area contributed by atoms with Crippen molar-refractivity contribution < 1.29 is 47.3 Å². The predicted molar refractivity (Wildman–Crippen MR) is 88.7 cm³/mol. The van der Waals surface area contributed by atoms with Crippen LogP contribution >= 0.6 is 0 Å². The summed E-state index contributed by atoms with van der Waals surface area (Å²) in [6.45, 7) is 2.73. The first kappa shape index (κ1) is 25.6. The molecule has 0 aromatic heterocycles. The van der Waals surface area contributed by atoms with Crippen molar-refractivity contribution in [1.82, 2.24) is 4.90 Å². The minimum atomic E-state index is -4.12. The van der Waals surface area contributed by atoms with Gasteiger partial charge in [-0.15, -0.1) is 0 Å². The van der Waals surface area contributed by atoms with Gasteiger partial charge in [0.2, 0.25) is 5.91 Å². The zero-order valence-electron chi connectivity index (χ0n) is 15.2. The molecule has 0 aliphatic heterocycles. The van der Waals surface area contributed by atoms with Gasteiger partial charge in [0.05, 0.1) is 10.1 Å². The molecule has 0 radical (unpaired) electrons. The summed E-state index contributed by atoms with van der Waals surface area (Å²) < 4.78 is 31.4. The maximum Gasteiger partial charge on any atom is 1.00 e. The van der Waals surface area contributed by atoms with Gasteiger partial charge in [0.1, 0.15) is 0 Å². The Hall–Kier alpha value is 0.380. The van der Waals surface area contributed by atoms with E-state index in [0.717, 1.165) is 12.8 Å². The van der Waals surface area contributed by atoms with E-state index in [1.165, 1.54) is 38.5 Å². The summed E-state index contributed by atoms with van der Waals surface area (Å²) in [5, 5.41) is 0. The smallest absolute Gasteiger partial charge is 0.748 e. The SMILES string of the molecule is CCCCCCCCCCC(=O)N(C)CCCCS(=O)(=O)[O-].[Na+].